The highest BCUT2D eigenvalue weighted by Gasteiger charge is 2.43. The normalized spacial score (nSPS) is 25.5. The minimum absolute atomic E-state index is 0.395. The van der Waals surface area contributed by atoms with Gasteiger partial charge < -0.3 is 29.9 Å². The molecule has 0 unspecified atom stereocenters. The van der Waals surface area contributed by atoms with E-state index in [1.54, 1.807) is 0 Å². The SMILES string of the molecule is CCCCCCCCCCCCCCCCCCSCCO[C@@H]1O[C@H](CO)[C@@H](O)[C@H](O)[C@H]1O. The van der Waals surface area contributed by atoms with Crippen LogP contribution in [0.15, 0.2) is 0 Å². The summed E-state index contributed by atoms with van der Waals surface area (Å²) in [5.41, 5.74) is 0. The lowest BCUT2D eigenvalue weighted by Gasteiger charge is -2.39. The van der Waals surface area contributed by atoms with E-state index in [0.717, 1.165) is 11.5 Å². The topological polar surface area (TPSA) is 99.4 Å². The lowest BCUT2D eigenvalue weighted by molar-refractivity contribution is -0.299. The fourth-order valence-electron chi connectivity index (χ4n) is 4.28. The molecule has 5 atom stereocenters. The van der Waals surface area contributed by atoms with Crippen molar-refractivity contribution in [1.82, 2.24) is 0 Å². The van der Waals surface area contributed by atoms with Crippen LogP contribution in [0.25, 0.3) is 0 Å². The standard InChI is InChI=1S/C26H52O6S/c1-2-3-4-5-6-7-8-9-10-11-12-13-14-15-16-17-19-33-20-18-31-26-25(30)24(29)23(28)22(21-27)32-26/h22-30H,2-21H2,1H3/t22-,23-,24+,25-,26-/m1/s1. The van der Waals surface area contributed by atoms with Gasteiger partial charge in [-0.25, -0.2) is 0 Å². The molecule has 6 nitrogen and oxygen atoms in total. The van der Waals surface area contributed by atoms with E-state index >= 15 is 0 Å². The Morgan fingerprint density at radius 3 is 1.61 bits per heavy atom. The van der Waals surface area contributed by atoms with Crippen LogP contribution in [0.2, 0.25) is 0 Å². The molecule has 33 heavy (non-hydrogen) atoms. The molecule has 0 aliphatic carbocycles. The Morgan fingerprint density at radius 2 is 1.12 bits per heavy atom. The van der Waals surface area contributed by atoms with Gasteiger partial charge in [-0.3, -0.25) is 0 Å². The molecule has 0 aromatic carbocycles. The van der Waals surface area contributed by atoms with Crippen molar-refractivity contribution in [3.8, 4) is 0 Å². The van der Waals surface area contributed by atoms with Gasteiger partial charge in [-0.15, -0.1) is 0 Å². The Morgan fingerprint density at radius 1 is 0.636 bits per heavy atom. The molecule has 1 fully saturated rings. The monoisotopic (exact) mass is 492 g/mol. The molecule has 198 valence electrons. The number of ether oxygens (including phenoxy) is 2. The molecule has 1 aliphatic heterocycles. The average Bonchev–Trinajstić information content (AvgIpc) is 2.82. The molecule has 0 saturated carbocycles. The predicted molar refractivity (Wildman–Crippen MR) is 137 cm³/mol. The lowest BCUT2D eigenvalue weighted by atomic mass is 9.99. The third-order valence-electron chi connectivity index (χ3n) is 6.50. The van der Waals surface area contributed by atoms with Gasteiger partial charge in [0.25, 0.3) is 0 Å². The van der Waals surface area contributed by atoms with Crippen molar-refractivity contribution in [2.24, 2.45) is 0 Å². The van der Waals surface area contributed by atoms with Gasteiger partial charge in [-0.2, -0.15) is 11.8 Å². The molecule has 1 aliphatic rings. The zero-order valence-corrected chi connectivity index (χ0v) is 21.9. The second-order valence-electron chi connectivity index (χ2n) is 9.48. The molecule has 1 rings (SSSR count). The van der Waals surface area contributed by atoms with Gasteiger partial charge in [0.1, 0.15) is 24.4 Å². The Kier molecular flexibility index (Phi) is 20.2. The molecule has 0 amide bonds. The highest BCUT2D eigenvalue weighted by molar-refractivity contribution is 7.99. The summed E-state index contributed by atoms with van der Waals surface area (Å²) in [5.74, 6) is 1.88. The van der Waals surface area contributed by atoms with E-state index in [9.17, 15) is 20.4 Å². The Bertz CT molecular complexity index is 426. The van der Waals surface area contributed by atoms with E-state index in [0.29, 0.717) is 6.61 Å². The first-order chi connectivity index (χ1) is 16.1. The molecule has 1 saturated heterocycles. The number of hydrogen-bond acceptors (Lipinski definition) is 7. The van der Waals surface area contributed by atoms with Crippen molar-refractivity contribution in [1.29, 1.82) is 0 Å². The minimum Gasteiger partial charge on any atom is -0.394 e. The molecule has 4 N–H and O–H groups in total. The number of unbranched alkanes of at least 4 members (excludes halogenated alkanes) is 15. The van der Waals surface area contributed by atoms with E-state index in [4.69, 9.17) is 9.47 Å². The summed E-state index contributed by atoms with van der Waals surface area (Å²) in [6, 6.07) is 0. The largest absolute Gasteiger partial charge is 0.394 e. The molecule has 0 bridgehead atoms. The molecule has 7 heteroatoms. The van der Waals surface area contributed by atoms with Crippen molar-refractivity contribution in [2.45, 2.75) is 140 Å². The summed E-state index contributed by atoms with van der Waals surface area (Å²) in [4.78, 5) is 0. The Labute approximate surface area is 206 Å². The van der Waals surface area contributed by atoms with Crippen LogP contribution in [0.4, 0.5) is 0 Å². The van der Waals surface area contributed by atoms with Crippen molar-refractivity contribution in [3.05, 3.63) is 0 Å². The van der Waals surface area contributed by atoms with Crippen LogP contribution in [0.1, 0.15) is 110 Å². The summed E-state index contributed by atoms with van der Waals surface area (Å²) >= 11 is 1.81. The second-order valence-corrected chi connectivity index (χ2v) is 10.7. The van der Waals surface area contributed by atoms with Crippen LogP contribution >= 0.6 is 11.8 Å². The molecule has 0 spiro atoms. The first-order valence-corrected chi connectivity index (χ1v) is 14.8. The fraction of sp³-hybridized carbons (Fsp3) is 1.00. The van der Waals surface area contributed by atoms with Gasteiger partial charge in [0, 0.05) is 5.75 Å². The lowest BCUT2D eigenvalue weighted by Crippen LogP contribution is -2.59. The van der Waals surface area contributed by atoms with Gasteiger partial charge in [-0.05, 0) is 12.2 Å². The summed E-state index contributed by atoms with van der Waals surface area (Å²) in [7, 11) is 0. The van der Waals surface area contributed by atoms with Crippen molar-refractivity contribution >= 4 is 11.8 Å². The summed E-state index contributed by atoms with van der Waals surface area (Å²) in [6.45, 7) is 2.24. The van der Waals surface area contributed by atoms with E-state index in [1.807, 2.05) is 11.8 Å². The van der Waals surface area contributed by atoms with Crippen LogP contribution in [-0.4, -0.2) is 75.9 Å². The molecule has 0 radical (unpaired) electrons. The van der Waals surface area contributed by atoms with E-state index in [2.05, 4.69) is 6.92 Å². The summed E-state index contributed by atoms with van der Waals surface area (Å²) < 4.78 is 10.8. The van der Waals surface area contributed by atoms with Crippen LogP contribution < -0.4 is 0 Å². The number of thioether (sulfide) groups is 1. The van der Waals surface area contributed by atoms with E-state index in [1.165, 1.54) is 103 Å². The van der Waals surface area contributed by atoms with Crippen molar-refractivity contribution in [3.63, 3.8) is 0 Å². The maximum Gasteiger partial charge on any atom is 0.186 e. The van der Waals surface area contributed by atoms with E-state index < -0.39 is 37.3 Å². The zero-order chi connectivity index (χ0) is 24.2. The zero-order valence-electron chi connectivity index (χ0n) is 21.0. The number of aliphatic hydroxyl groups excluding tert-OH is 4. The average molecular weight is 493 g/mol. The van der Waals surface area contributed by atoms with Crippen LogP contribution in [0.5, 0.6) is 0 Å². The van der Waals surface area contributed by atoms with Gasteiger partial charge in [0.15, 0.2) is 6.29 Å². The molecular formula is C26H52O6S. The van der Waals surface area contributed by atoms with Crippen molar-refractivity contribution < 1.29 is 29.9 Å². The van der Waals surface area contributed by atoms with Gasteiger partial charge >= 0.3 is 0 Å². The van der Waals surface area contributed by atoms with Crippen molar-refractivity contribution in [2.75, 3.05) is 24.7 Å². The number of aliphatic hydroxyl groups is 4. The molecular weight excluding hydrogens is 440 g/mol. The van der Waals surface area contributed by atoms with Gasteiger partial charge in [-0.1, -0.05) is 103 Å². The van der Waals surface area contributed by atoms with Crippen LogP contribution in [0.3, 0.4) is 0 Å². The Hall–Kier alpha value is 0.110. The Balaban J connectivity index is 1.80. The fourth-order valence-corrected chi connectivity index (χ4v) is 5.11. The van der Waals surface area contributed by atoms with Gasteiger partial charge in [0.05, 0.1) is 13.2 Å². The maximum absolute atomic E-state index is 9.93. The van der Waals surface area contributed by atoms with E-state index in [-0.39, 0.29) is 0 Å². The first kappa shape index (κ1) is 31.1. The summed E-state index contributed by atoms with van der Waals surface area (Å²) in [6.07, 6.45) is 16.1. The highest BCUT2D eigenvalue weighted by Crippen LogP contribution is 2.22. The third-order valence-corrected chi connectivity index (χ3v) is 7.53. The molecule has 0 aromatic rings. The minimum atomic E-state index is -1.38. The molecule has 0 aromatic heterocycles. The quantitative estimate of drug-likeness (QED) is 0.161. The van der Waals surface area contributed by atoms with Crippen LogP contribution in [-0.2, 0) is 9.47 Å². The third kappa shape index (κ3) is 15.0. The highest BCUT2D eigenvalue weighted by atomic mass is 32.2. The van der Waals surface area contributed by atoms with Gasteiger partial charge in [0.2, 0.25) is 0 Å². The smallest absolute Gasteiger partial charge is 0.186 e. The second kappa shape index (κ2) is 21.4. The molecule has 1 heterocycles. The number of rotatable bonds is 22. The predicted octanol–water partition coefficient (Wildman–Crippen LogP) is 4.80. The first-order valence-electron chi connectivity index (χ1n) is 13.6. The maximum atomic E-state index is 9.93. The summed E-state index contributed by atoms with van der Waals surface area (Å²) in [5, 5.41) is 38.6. The van der Waals surface area contributed by atoms with Crippen LogP contribution in [0, 0.1) is 0 Å². The number of hydrogen-bond donors (Lipinski definition) is 4.